The molecule has 1 fully saturated rings. The predicted octanol–water partition coefficient (Wildman–Crippen LogP) is 1.59. The number of nitrogens with zero attached hydrogens (tertiary/aromatic N) is 5. The van der Waals surface area contributed by atoms with Gasteiger partial charge in [0.15, 0.2) is 5.96 Å². The number of aromatic nitrogens is 3. The van der Waals surface area contributed by atoms with E-state index in [1.807, 2.05) is 12.3 Å². The third-order valence-corrected chi connectivity index (χ3v) is 4.52. The minimum atomic E-state index is 0.575. The molecule has 0 radical (unpaired) electrons. The molecule has 1 saturated heterocycles. The zero-order valence-corrected chi connectivity index (χ0v) is 14.0. The largest absolute Gasteiger partial charge is 0.370 e. The van der Waals surface area contributed by atoms with Gasteiger partial charge in [-0.3, -0.25) is 0 Å². The number of hydrogen-bond donors (Lipinski definition) is 2. The normalized spacial score (nSPS) is 15.8. The number of nitrogens with one attached hydrogen (secondary N) is 1. The maximum atomic E-state index is 6.22. The zero-order valence-electron chi connectivity index (χ0n) is 14.0. The Morgan fingerprint density at radius 1 is 1.08 bits per heavy atom. The van der Waals surface area contributed by atoms with Crippen molar-refractivity contribution in [2.24, 2.45) is 10.7 Å². The lowest BCUT2D eigenvalue weighted by Gasteiger charge is -2.35. The molecular weight excluding hydrogens is 314 g/mol. The summed E-state index contributed by atoms with van der Waals surface area (Å²) in [5, 5.41) is 1.20. The molecule has 0 unspecified atom stereocenters. The Hall–Kier alpha value is -3.09. The van der Waals surface area contributed by atoms with E-state index in [2.05, 4.69) is 54.0 Å². The first-order valence-electron chi connectivity index (χ1n) is 8.43. The molecule has 3 heterocycles. The molecule has 0 spiro atoms. The maximum Gasteiger partial charge on any atom is 0.225 e. The quantitative estimate of drug-likeness (QED) is 0.561. The lowest BCUT2D eigenvalue weighted by atomic mass is 10.1. The maximum absolute atomic E-state index is 6.22. The number of piperazine rings is 1. The summed E-state index contributed by atoms with van der Waals surface area (Å²) in [6.45, 7) is 3.89. The van der Waals surface area contributed by atoms with Gasteiger partial charge in [0.2, 0.25) is 5.95 Å². The van der Waals surface area contributed by atoms with Crippen molar-refractivity contribution < 1.29 is 0 Å². The topological polar surface area (TPSA) is 86.4 Å². The average Bonchev–Trinajstić information content (AvgIpc) is 3.16. The van der Waals surface area contributed by atoms with E-state index in [4.69, 9.17) is 5.73 Å². The van der Waals surface area contributed by atoms with Crippen molar-refractivity contribution in [1.82, 2.24) is 19.9 Å². The minimum Gasteiger partial charge on any atom is -0.370 e. The number of fused-ring (bicyclic) bond motifs is 1. The van der Waals surface area contributed by atoms with Gasteiger partial charge in [-0.05, 0) is 23.1 Å². The fourth-order valence-electron chi connectivity index (χ4n) is 3.14. The molecule has 0 amide bonds. The third kappa shape index (κ3) is 3.26. The van der Waals surface area contributed by atoms with Crippen molar-refractivity contribution in [3.05, 3.63) is 54.5 Å². The molecule has 3 aromatic rings. The van der Waals surface area contributed by atoms with Gasteiger partial charge in [-0.1, -0.05) is 18.2 Å². The van der Waals surface area contributed by atoms with E-state index in [1.54, 1.807) is 12.4 Å². The first-order valence-corrected chi connectivity index (χ1v) is 8.43. The van der Waals surface area contributed by atoms with Crippen LogP contribution in [-0.4, -0.2) is 52.0 Å². The van der Waals surface area contributed by atoms with Gasteiger partial charge in [-0.2, -0.15) is 0 Å². The number of guanidine groups is 1. The van der Waals surface area contributed by atoms with E-state index in [0.717, 1.165) is 43.2 Å². The fourth-order valence-corrected chi connectivity index (χ4v) is 3.14. The number of hydrogen-bond acceptors (Lipinski definition) is 4. The Balaban J connectivity index is 1.39. The first-order chi connectivity index (χ1) is 12.3. The van der Waals surface area contributed by atoms with Crippen molar-refractivity contribution in [3.8, 4) is 0 Å². The van der Waals surface area contributed by atoms with E-state index in [0.29, 0.717) is 12.5 Å². The standard InChI is InChI=1S/C18H21N7/c19-17(23-13-15-4-1-3-14-5-8-20-16(14)15)24-9-11-25(12-10-24)18-21-6-2-7-22-18/h1-8,20H,9-13H2,(H2,19,23). The molecule has 1 aromatic carbocycles. The summed E-state index contributed by atoms with van der Waals surface area (Å²) in [6, 6.07) is 10.1. The molecule has 7 heteroatoms. The van der Waals surface area contributed by atoms with Crippen LogP contribution in [-0.2, 0) is 6.54 Å². The van der Waals surface area contributed by atoms with E-state index >= 15 is 0 Å². The molecule has 1 aliphatic rings. The second-order valence-corrected chi connectivity index (χ2v) is 6.06. The molecule has 128 valence electrons. The summed E-state index contributed by atoms with van der Waals surface area (Å²) in [4.78, 5) is 20.8. The molecule has 25 heavy (non-hydrogen) atoms. The van der Waals surface area contributed by atoms with E-state index in [9.17, 15) is 0 Å². The van der Waals surface area contributed by atoms with Gasteiger partial charge in [0, 0.05) is 44.8 Å². The van der Waals surface area contributed by atoms with Gasteiger partial charge in [0.25, 0.3) is 0 Å². The second kappa shape index (κ2) is 6.80. The van der Waals surface area contributed by atoms with Crippen LogP contribution in [0.5, 0.6) is 0 Å². The first kappa shape index (κ1) is 15.4. The number of benzene rings is 1. The van der Waals surface area contributed by atoms with Crippen LogP contribution in [0.4, 0.5) is 5.95 Å². The molecule has 3 N–H and O–H groups in total. The lowest BCUT2D eigenvalue weighted by Crippen LogP contribution is -2.51. The van der Waals surface area contributed by atoms with E-state index in [-0.39, 0.29) is 0 Å². The highest BCUT2D eigenvalue weighted by Crippen LogP contribution is 2.17. The Kier molecular flexibility index (Phi) is 4.20. The Morgan fingerprint density at radius 2 is 1.88 bits per heavy atom. The van der Waals surface area contributed by atoms with Crippen LogP contribution in [0.1, 0.15) is 5.56 Å². The fraction of sp³-hybridized carbons (Fsp3) is 0.278. The molecule has 1 aliphatic heterocycles. The SMILES string of the molecule is NC(=NCc1cccc2cc[nH]c12)N1CCN(c2ncccn2)CC1. The van der Waals surface area contributed by atoms with Crippen molar-refractivity contribution in [2.45, 2.75) is 6.54 Å². The van der Waals surface area contributed by atoms with Gasteiger partial charge in [0.1, 0.15) is 0 Å². The van der Waals surface area contributed by atoms with Crippen LogP contribution in [0.3, 0.4) is 0 Å². The van der Waals surface area contributed by atoms with Crippen molar-refractivity contribution in [3.63, 3.8) is 0 Å². The molecule has 0 saturated carbocycles. The average molecular weight is 335 g/mol. The van der Waals surface area contributed by atoms with Gasteiger partial charge in [-0.15, -0.1) is 0 Å². The lowest BCUT2D eigenvalue weighted by molar-refractivity contribution is 0.378. The van der Waals surface area contributed by atoms with Crippen LogP contribution in [0.2, 0.25) is 0 Å². The number of aliphatic imine (C=N–C) groups is 1. The number of aromatic amines is 1. The smallest absolute Gasteiger partial charge is 0.225 e. The van der Waals surface area contributed by atoms with Crippen LogP contribution in [0, 0.1) is 0 Å². The number of rotatable bonds is 3. The summed E-state index contributed by atoms with van der Waals surface area (Å²) >= 11 is 0. The predicted molar refractivity (Wildman–Crippen MR) is 99.4 cm³/mol. The van der Waals surface area contributed by atoms with Crippen LogP contribution < -0.4 is 10.6 Å². The van der Waals surface area contributed by atoms with Crippen molar-refractivity contribution in [2.75, 3.05) is 31.1 Å². The molecule has 2 aromatic heterocycles. The Bertz CT molecular complexity index is 863. The van der Waals surface area contributed by atoms with Gasteiger partial charge in [0.05, 0.1) is 12.1 Å². The highest BCUT2D eigenvalue weighted by atomic mass is 15.3. The number of H-pyrrole nitrogens is 1. The summed E-state index contributed by atoms with van der Waals surface area (Å²) in [5.41, 5.74) is 8.50. The zero-order chi connectivity index (χ0) is 17.1. The Morgan fingerprint density at radius 3 is 2.68 bits per heavy atom. The molecule has 7 nitrogen and oxygen atoms in total. The summed E-state index contributed by atoms with van der Waals surface area (Å²) in [7, 11) is 0. The molecular formula is C18H21N7. The monoisotopic (exact) mass is 335 g/mol. The number of nitrogens with two attached hydrogens (primary N) is 1. The summed E-state index contributed by atoms with van der Waals surface area (Å²) < 4.78 is 0. The number of para-hydroxylation sites is 1. The van der Waals surface area contributed by atoms with E-state index < -0.39 is 0 Å². The van der Waals surface area contributed by atoms with Gasteiger partial charge in [-0.25, -0.2) is 15.0 Å². The van der Waals surface area contributed by atoms with Gasteiger partial charge >= 0.3 is 0 Å². The Labute approximate surface area is 146 Å². The van der Waals surface area contributed by atoms with Crippen LogP contribution in [0.15, 0.2) is 53.9 Å². The third-order valence-electron chi connectivity index (χ3n) is 4.52. The molecule has 0 bridgehead atoms. The van der Waals surface area contributed by atoms with Gasteiger partial charge < -0.3 is 20.5 Å². The summed E-state index contributed by atoms with van der Waals surface area (Å²) in [6.07, 6.45) is 5.49. The van der Waals surface area contributed by atoms with Crippen molar-refractivity contribution in [1.29, 1.82) is 0 Å². The second-order valence-electron chi connectivity index (χ2n) is 6.06. The van der Waals surface area contributed by atoms with Crippen LogP contribution >= 0.6 is 0 Å². The minimum absolute atomic E-state index is 0.575. The molecule has 0 aliphatic carbocycles. The molecule has 0 atom stereocenters. The van der Waals surface area contributed by atoms with Crippen LogP contribution in [0.25, 0.3) is 10.9 Å². The van der Waals surface area contributed by atoms with E-state index in [1.165, 1.54) is 5.39 Å². The highest BCUT2D eigenvalue weighted by Gasteiger charge is 2.19. The summed E-state index contributed by atoms with van der Waals surface area (Å²) in [5.74, 6) is 1.37. The van der Waals surface area contributed by atoms with Crippen molar-refractivity contribution >= 4 is 22.8 Å². The molecule has 4 rings (SSSR count). The highest BCUT2D eigenvalue weighted by molar-refractivity contribution is 5.83. The number of anilines is 1.